The van der Waals surface area contributed by atoms with Crippen LogP contribution in [0.1, 0.15) is 18.5 Å². The summed E-state index contributed by atoms with van der Waals surface area (Å²) in [4.78, 5) is 5.78. The van der Waals surface area contributed by atoms with E-state index in [0.29, 0.717) is 5.82 Å². The van der Waals surface area contributed by atoms with Crippen molar-refractivity contribution in [2.75, 3.05) is 18.0 Å². The van der Waals surface area contributed by atoms with Crippen LogP contribution in [0.2, 0.25) is 0 Å². The van der Waals surface area contributed by atoms with Gasteiger partial charge in [0.05, 0.1) is 12.1 Å². The van der Waals surface area contributed by atoms with Crippen molar-refractivity contribution in [3.05, 3.63) is 23.9 Å². The minimum Gasteiger partial charge on any atom is -0.330 e. The number of aromatic nitrogens is 1. The summed E-state index contributed by atoms with van der Waals surface area (Å²) in [6, 6.07) is 7.56. The molecule has 0 radical (unpaired) electrons. The first kappa shape index (κ1) is 12.0. The molecule has 16 heavy (non-hydrogen) atoms. The highest BCUT2D eigenvalue weighted by Crippen LogP contribution is 2.14. The molecule has 0 aliphatic rings. The number of nitrogens with two attached hydrogens (primary N) is 1. The van der Waals surface area contributed by atoms with Crippen LogP contribution >= 0.6 is 0 Å². The summed E-state index contributed by atoms with van der Waals surface area (Å²) < 4.78 is 0. The Kier molecular flexibility index (Phi) is 4.26. The van der Waals surface area contributed by atoms with Gasteiger partial charge in [-0.15, -0.1) is 0 Å². The molecule has 1 atom stereocenters. The lowest BCUT2D eigenvalue weighted by atomic mass is 10.1. The number of nitriles is 2. The quantitative estimate of drug-likeness (QED) is 0.755. The second kappa shape index (κ2) is 5.69. The topological polar surface area (TPSA) is 89.7 Å². The van der Waals surface area contributed by atoms with E-state index in [-0.39, 0.29) is 19.1 Å². The molecule has 2 N–H and O–H groups in total. The first-order valence-electron chi connectivity index (χ1n) is 4.89. The Labute approximate surface area is 94.7 Å². The third-order valence-corrected chi connectivity index (χ3v) is 2.14. The molecule has 0 unspecified atom stereocenters. The van der Waals surface area contributed by atoms with Gasteiger partial charge in [0.1, 0.15) is 18.9 Å². The van der Waals surface area contributed by atoms with Crippen molar-refractivity contribution < 1.29 is 0 Å². The molecule has 0 aromatic carbocycles. The zero-order valence-corrected chi connectivity index (χ0v) is 9.09. The molecular weight excluding hydrogens is 202 g/mol. The van der Waals surface area contributed by atoms with Crippen LogP contribution < -0.4 is 10.6 Å². The molecule has 5 nitrogen and oxygen atoms in total. The summed E-state index contributed by atoms with van der Waals surface area (Å²) in [5.41, 5.74) is 6.63. The fourth-order valence-electron chi connectivity index (χ4n) is 1.24. The molecule has 0 fully saturated rings. The Morgan fingerprint density at radius 2 is 2.00 bits per heavy atom. The van der Waals surface area contributed by atoms with Gasteiger partial charge in [-0.2, -0.15) is 10.5 Å². The van der Waals surface area contributed by atoms with Gasteiger partial charge in [-0.25, -0.2) is 4.98 Å². The Balaban J connectivity index is 2.86. The Hall–Kier alpha value is -2.11. The van der Waals surface area contributed by atoms with Crippen molar-refractivity contribution >= 4 is 5.82 Å². The molecule has 82 valence electrons. The highest BCUT2D eigenvalue weighted by molar-refractivity contribution is 5.41. The van der Waals surface area contributed by atoms with Crippen LogP contribution in [0.15, 0.2) is 18.3 Å². The minimum atomic E-state index is -0.0677. The van der Waals surface area contributed by atoms with Crippen LogP contribution in [0.3, 0.4) is 0 Å². The van der Waals surface area contributed by atoms with Gasteiger partial charge in [0.15, 0.2) is 0 Å². The van der Waals surface area contributed by atoms with Gasteiger partial charge in [-0.1, -0.05) is 6.07 Å². The van der Waals surface area contributed by atoms with Gasteiger partial charge in [-0.3, -0.25) is 0 Å². The van der Waals surface area contributed by atoms with E-state index in [1.54, 1.807) is 17.2 Å². The average molecular weight is 215 g/mol. The van der Waals surface area contributed by atoms with Crippen LogP contribution in [-0.2, 0) is 0 Å². The summed E-state index contributed by atoms with van der Waals surface area (Å²) in [6.07, 6.45) is 1.67. The number of pyridine rings is 1. The van der Waals surface area contributed by atoms with Gasteiger partial charge >= 0.3 is 0 Å². The predicted molar refractivity (Wildman–Crippen MR) is 60.3 cm³/mol. The lowest BCUT2D eigenvalue weighted by Gasteiger charge is -2.17. The van der Waals surface area contributed by atoms with E-state index in [0.717, 1.165) is 5.56 Å². The summed E-state index contributed by atoms with van der Waals surface area (Å²) in [5.74, 6) is 0.618. The zero-order chi connectivity index (χ0) is 12.0. The van der Waals surface area contributed by atoms with Crippen LogP contribution in [0, 0.1) is 22.7 Å². The maximum absolute atomic E-state index is 8.62. The predicted octanol–water partition coefficient (Wildman–Crippen LogP) is 0.955. The number of rotatable bonds is 4. The summed E-state index contributed by atoms with van der Waals surface area (Å²) >= 11 is 0. The van der Waals surface area contributed by atoms with Crippen LogP contribution in [0.4, 0.5) is 5.82 Å². The number of nitrogens with zero attached hydrogens (tertiary/aromatic N) is 4. The molecule has 5 heteroatoms. The number of hydrogen-bond donors (Lipinski definition) is 1. The van der Waals surface area contributed by atoms with Crippen molar-refractivity contribution in [1.29, 1.82) is 10.5 Å². The fraction of sp³-hybridized carbons (Fsp3) is 0.364. The van der Waals surface area contributed by atoms with E-state index < -0.39 is 0 Å². The third-order valence-electron chi connectivity index (χ3n) is 2.14. The first-order valence-corrected chi connectivity index (χ1v) is 4.89. The standard InChI is InChI=1S/C11H13N5/c1-9(14)10-2-3-11(15-8-10)16(6-4-12)7-5-13/h2-3,8-9H,6-7,14H2,1H3/t9-/m1/s1. The van der Waals surface area contributed by atoms with Crippen LogP contribution in [-0.4, -0.2) is 18.1 Å². The van der Waals surface area contributed by atoms with Crippen molar-refractivity contribution in [3.63, 3.8) is 0 Å². The lowest BCUT2D eigenvalue weighted by molar-refractivity contribution is 0.808. The third kappa shape index (κ3) is 2.94. The van der Waals surface area contributed by atoms with Gasteiger partial charge in [0.25, 0.3) is 0 Å². The highest BCUT2D eigenvalue weighted by Gasteiger charge is 2.07. The molecule has 0 spiro atoms. The molecular formula is C11H13N5. The molecule has 0 aliphatic heterocycles. The van der Waals surface area contributed by atoms with E-state index in [4.69, 9.17) is 16.3 Å². The molecule has 1 aromatic heterocycles. The minimum absolute atomic E-state index is 0.0677. The van der Waals surface area contributed by atoms with Crippen molar-refractivity contribution in [3.8, 4) is 12.1 Å². The highest BCUT2D eigenvalue weighted by atomic mass is 15.2. The summed E-state index contributed by atoms with van der Waals surface area (Å²) in [5, 5.41) is 17.2. The average Bonchev–Trinajstić information content (AvgIpc) is 2.29. The Morgan fingerprint density at radius 1 is 1.38 bits per heavy atom. The monoisotopic (exact) mass is 215 g/mol. The number of hydrogen-bond acceptors (Lipinski definition) is 5. The van der Waals surface area contributed by atoms with Crippen LogP contribution in [0.5, 0.6) is 0 Å². The van der Waals surface area contributed by atoms with E-state index in [1.165, 1.54) is 0 Å². The van der Waals surface area contributed by atoms with Crippen molar-refractivity contribution in [2.24, 2.45) is 5.73 Å². The molecule has 0 saturated carbocycles. The molecule has 0 saturated heterocycles. The zero-order valence-electron chi connectivity index (χ0n) is 9.09. The molecule has 0 amide bonds. The lowest BCUT2D eigenvalue weighted by Crippen LogP contribution is -2.24. The van der Waals surface area contributed by atoms with E-state index in [9.17, 15) is 0 Å². The maximum atomic E-state index is 8.62. The first-order chi connectivity index (χ1) is 7.69. The molecule has 1 aromatic rings. The smallest absolute Gasteiger partial charge is 0.130 e. The molecule has 0 aliphatic carbocycles. The van der Waals surface area contributed by atoms with Gasteiger partial charge in [-0.05, 0) is 18.6 Å². The normalized spacial score (nSPS) is 11.2. The fourth-order valence-corrected chi connectivity index (χ4v) is 1.24. The molecule has 0 bridgehead atoms. The molecule has 1 rings (SSSR count). The SMILES string of the molecule is C[C@@H](N)c1ccc(N(CC#N)CC#N)nc1. The van der Waals surface area contributed by atoms with E-state index in [1.807, 2.05) is 25.1 Å². The largest absolute Gasteiger partial charge is 0.330 e. The Bertz CT molecular complexity index is 393. The second-order valence-electron chi connectivity index (χ2n) is 3.41. The van der Waals surface area contributed by atoms with Crippen molar-refractivity contribution in [1.82, 2.24) is 4.98 Å². The van der Waals surface area contributed by atoms with E-state index >= 15 is 0 Å². The van der Waals surface area contributed by atoms with E-state index in [2.05, 4.69) is 4.98 Å². The number of anilines is 1. The Morgan fingerprint density at radius 3 is 2.38 bits per heavy atom. The summed E-state index contributed by atoms with van der Waals surface area (Å²) in [7, 11) is 0. The van der Waals surface area contributed by atoms with Crippen LogP contribution in [0.25, 0.3) is 0 Å². The van der Waals surface area contributed by atoms with Gasteiger partial charge in [0, 0.05) is 12.2 Å². The van der Waals surface area contributed by atoms with Gasteiger partial charge in [0.2, 0.25) is 0 Å². The van der Waals surface area contributed by atoms with Crippen molar-refractivity contribution in [2.45, 2.75) is 13.0 Å². The maximum Gasteiger partial charge on any atom is 0.130 e. The molecule has 1 heterocycles. The summed E-state index contributed by atoms with van der Waals surface area (Å²) in [6.45, 7) is 2.18. The van der Waals surface area contributed by atoms with Gasteiger partial charge < -0.3 is 10.6 Å². The second-order valence-corrected chi connectivity index (χ2v) is 3.41.